The highest BCUT2D eigenvalue weighted by atomic mass is 79.9. The first-order chi connectivity index (χ1) is 9.24. The van der Waals surface area contributed by atoms with Gasteiger partial charge in [0.2, 0.25) is 15.9 Å². The van der Waals surface area contributed by atoms with Gasteiger partial charge in [0, 0.05) is 16.7 Å². The Kier molecular flexibility index (Phi) is 6.16. The average Bonchev–Trinajstić information content (AvgIpc) is 2.32. The van der Waals surface area contributed by atoms with E-state index in [1.807, 2.05) is 26.0 Å². The summed E-state index contributed by atoms with van der Waals surface area (Å²) in [6.45, 7) is 3.96. The molecule has 0 aliphatic rings. The van der Waals surface area contributed by atoms with Crippen LogP contribution < -0.4 is 5.32 Å². The van der Waals surface area contributed by atoms with Crippen molar-refractivity contribution in [3.05, 3.63) is 28.2 Å². The highest BCUT2D eigenvalue weighted by Crippen LogP contribution is 2.20. The van der Waals surface area contributed by atoms with Crippen LogP contribution in [0.4, 0.5) is 5.69 Å². The van der Waals surface area contributed by atoms with Crippen LogP contribution in [0.25, 0.3) is 0 Å². The van der Waals surface area contributed by atoms with Crippen LogP contribution in [0, 0.1) is 6.92 Å². The molecule has 7 heteroatoms. The largest absolute Gasteiger partial charge is 0.325 e. The number of carbonyl (C=O) groups is 1. The maximum atomic E-state index is 11.9. The minimum atomic E-state index is -3.36. The molecule has 0 aromatic heterocycles. The number of anilines is 1. The van der Waals surface area contributed by atoms with Crippen LogP contribution in [0.2, 0.25) is 0 Å². The summed E-state index contributed by atoms with van der Waals surface area (Å²) >= 11 is 3.38. The molecule has 1 amide bonds. The minimum absolute atomic E-state index is 0.165. The minimum Gasteiger partial charge on any atom is -0.325 e. The molecule has 5 nitrogen and oxygen atoms in total. The molecule has 0 bridgehead atoms. The van der Waals surface area contributed by atoms with E-state index < -0.39 is 10.0 Å². The number of carbonyl (C=O) groups excluding carboxylic acids is 1. The summed E-state index contributed by atoms with van der Waals surface area (Å²) in [4.78, 5) is 11.9. The van der Waals surface area contributed by atoms with Crippen molar-refractivity contribution < 1.29 is 13.2 Å². The van der Waals surface area contributed by atoms with E-state index in [1.54, 1.807) is 6.07 Å². The topological polar surface area (TPSA) is 66.5 Å². The van der Waals surface area contributed by atoms with Crippen molar-refractivity contribution in [3.8, 4) is 0 Å². The van der Waals surface area contributed by atoms with Crippen molar-refractivity contribution in [2.24, 2.45) is 0 Å². The normalized spacial score (nSPS) is 11.7. The molecule has 1 rings (SSSR count). The smallest absolute Gasteiger partial charge is 0.239 e. The van der Waals surface area contributed by atoms with Crippen LogP contribution in [0.15, 0.2) is 22.7 Å². The molecule has 0 spiro atoms. The van der Waals surface area contributed by atoms with Gasteiger partial charge in [-0.2, -0.15) is 4.31 Å². The van der Waals surface area contributed by atoms with Gasteiger partial charge in [0.05, 0.1) is 12.8 Å². The molecule has 0 saturated heterocycles. The van der Waals surface area contributed by atoms with E-state index in [4.69, 9.17) is 0 Å². The van der Waals surface area contributed by atoms with E-state index in [2.05, 4.69) is 21.2 Å². The third-order valence-electron chi connectivity index (χ3n) is 2.70. The number of halogens is 1. The van der Waals surface area contributed by atoms with Crippen LogP contribution in [-0.2, 0) is 14.8 Å². The molecule has 0 unspecified atom stereocenters. The summed E-state index contributed by atoms with van der Waals surface area (Å²) in [6, 6.07) is 5.43. The van der Waals surface area contributed by atoms with E-state index >= 15 is 0 Å². The Morgan fingerprint density at radius 2 is 2.05 bits per heavy atom. The maximum Gasteiger partial charge on any atom is 0.239 e. The Labute approximate surface area is 128 Å². The van der Waals surface area contributed by atoms with Gasteiger partial charge in [-0.3, -0.25) is 4.79 Å². The van der Waals surface area contributed by atoms with Crippen molar-refractivity contribution in [1.82, 2.24) is 4.31 Å². The molecule has 0 fully saturated rings. The molecule has 112 valence electrons. The number of hydrogen-bond acceptors (Lipinski definition) is 3. The fourth-order valence-corrected chi connectivity index (χ4v) is 2.81. The van der Waals surface area contributed by atoms with E-state index in [0.717, 1.165) is 16.3 Å². The van der Waals surface area contributed by atoms with Crippen molar-refractivity contribution in [2.75, 3.05) is 24.7 Å². The number of hydrogen-bond donors (Lipinski definition) is 1. The highest BCUT2D eigenvalue weighted by Gasteiger charge is 2.19. The second kappa shape index (κ2) is 7.19. The first-order valence-electron chi connectivity index (χ1n) is 6.25. The van der Waals surface area contributed by atoms with Gasteiger partial charge in [0.1, 0.15) is 0 Å². The Hall–Kier alpha value is -0.920. The Bertz CT molecular complexity index is 587. The van der Waals surface area contributed by atoms with E-state index in [-0.39, 0.29) is 12.5 Å². The number of benzene rings is 1. The summed E-state index contributed by atoms with van der Waals surface area (Å²) in [5.41, 5.74) is 1.65. The zero-order valence-electron chi connectivity index (χ0n) is 11.8. The van der Waals surface area contributed by atoms with Crippen LogP contribution in [0.5, 0.6) is 0 Å². The molecule has 0 radical (unpaired) electrons. The molecular weight excluding hydrogens is 344 g/mol. The van der Waals surface area contributed by atoms with Gasteiger partial charge < -0.3 is 5.32 Å². The lowest BCUT2D eigenvalue weighted by Crippen LogP contribution is -2.37. The quantitative estimate of drug-likeness (QED) is 0.844. The Morgan fingerprint density at radius 1 is 1.40 bits per heavy atom. The molecule has 0 atom stereocenters. The molecule has 1 N–H and O–H groups in total. The summed E-state index contributed by atoms with van der Waals surface area (Å²) in [5.74, 6) is -0.342. The first kappa shape index (κ1) is 17.1. The summed E-state index contributed by atoms with van der Waals surface area (Å²) in [6.07, 6.45) is 1.78. The van der Waals surface area contributed by atoms with Gasteiger partial charge in [0.15, 0.2) is 0 Å². The van der Waals surface area contributed by atoms with E-state index in [0.29, 0.717) is 18.7 Å². The Morgan fingerprint density at radius 3 is 2.55 bits per heavy atom. The summed E-state index contributed by atoms with van der Waals surface area (Å²) in [5, 5.41) is 2.71. The third-order valence-corrected chi connectivity index (χ3v) is 4.84. The molecule has 0 aliphatic heterocycles. The number of nitrogens with one attached hydrogen (secondary N) is 1. The fraction of sp³-hybridized carbons (Fsp3) is 0.462. The Balaban J connectivity index is 2.73. The third kappa shape index (κ3) is 5.22. The molecular formula is C13H19BrN2O3S. The van der Waals surface area contributed by atoms with Gasteiger partial charge in [-0.25, -0.2) is 8.42 Å². The van der Waals surface area contributed by atoms with Gasteiger partial charge >= 0.3 is 0 Å². The molecule has 1 aromatic carbocycles. The van der Waals surface area contributed by atoms with Gasteiger partial charge in [-0.05, 0) is 37.1 Å². The van der Waals surface area contributed by atoms with Crippen LogP contribution in [-0.4, -0.2) is 38.0 Å². The van der Waals surface area contributed by atoms with Crippen LogP contribution >= 0.6 is 15.9 Å². The monoisotopic (exact) mass is 362 g/mol. The zero-order chi connectivity index (χ0) is 15.3. The fourth-order valence-electron chi connectivity index (χ4n) is 1.69. The highest BCUT2D eigenvalue weighted by molar-refractivity contribution is 9.10. The first-order valence-corrected chi connectivity index (χ1v) is 8.89. The molecule has 0 saturated carbocycles. The number of rotatable bonds is 6. The van der Waals surface area contributed by atoms with Crippen molar-refractivity contribution in [3.63, 3.8) is 0 Å². The van der Waals surface area contributed by atoms with Gasteiger partial charge in [-0.15, -0.1) is 0 Å². The number of amides is 1. The maximum absolute atomic E-state index is 11.9. The SMILES string of the molecule is CCCN(CC(=O)Nc1ccc(Br)c(C)c1)S(C)(=O)=O. The lowest BCUT2D eigenvalue weighted by Gasteiger charge is -2.18. The zero-order valence-corrected chi connectivity index (χ0v) is 14.2. The lowest BCUT2D eigenvalue weighted by molar-refractivity contribution is -0.116. The average molecular weight is 363 g/mol. The van der Waals surface area contributed by atoms with Gasteiger partial charge in [-0.1, -0.05) is 22.9 Å². The molecule has 0 heterocycles. The van der Waals surface area contributed by atoms with Crippen molar-refractivity contribution in [1.29, 1.82) is 0 Å². The standard InChI is InChI=1S/C13H19BrN2O3S/c1-4-7-16(20(3,18)19)9-13(17)15-11-5-6-12(14)10(2)8-11/h5-6,8H,4,7,9H2,1-3H3,(H,15,17). The van der Waals surface area contributed by atoms with Crippen LogP contribution in [0.3, 0.4) is 0 Å². The van der Waals surface area contributed by atoms with Crippen molar-refractivity contribution >= 4 is 37.5 Å². The molecule has 0 aliphatic carbocycles. The van der Waals surface area contributed by atoms with Gasteiger partial charge in [0.25, 0.3) is 0 Å². The lowest BCUT2D eigenvalue weighted by atomic mass is 10.2. The predicted octanol–water partition coefficient (Wildman–Crippen LogP) is 2.37. The second-order valence-corrected chi connectivity index (χ2v) is 7.45. The number of nitrogens with zero attached hydrogens (tertiary/aromatic N) is 1. The number of aryl methyl sites for hydroxylation is 1. The second-order valence-electron chi connectivity index (χ2n) is 4.61. The molecule has 20 heavy (non-hydrogen) atoms. The van der Waals surface area contributed by atoms with E-state index in [1.165, 1.54) is 4.31 Å². The summed E-state index contributed by atoms with van der Waals surface area (Å²) in [7, 11) is -3.36. The molecule has 1 aromatic rings. The summed E-state index contributed by atoms with van der Waals surface area (Å²) < 4.78 is 25.2. The van der Waals surface area contributed by atoms with E-state index in [9.17, 15) is 13.2 Å². The number of sulfonamides is 1. The van der Waals surface area contributed by atoms with Crippen molar-refractivity contribution in [2.45, 2.75) is 20.3 Å². The predicted molar refractivity (Wildman–Crippen MR) is 84.2 cm³/mol. The van der Waals surface area contributed by atoms with Crippen LogP contribution in [0.1, 0.15) is 18.9 Å².